The van der Waals surface area contributed by atoms with Crippen molar-refractivity contribution in [2.45, 2.75) is 64.4 Å². The number of hydrogen-bond acceptors (Lipinski definition) is 7. The number of aliphatic hydroxyl groups is 2. The van der Waals surface area contributed by atoms with Gasteiger partial charge >= 0.3 is 5.97 Å². The Morgan fingerprint density at radius 1 is 0.926 bits per heavy atom. The molecule has 0 aromatic carbocycles. The highest BCUT2D eigenvalue weighted by Gasteiger charge is 2.32. The van der Waals surface area contributed by atoms with E-state index in [1.54, 1.807) is 0 Å². The van der Waals surface area contributed by atoms with Crippen LogP contribution in [0.1, 0.15) is 34.1 Å². The molecule has 0 aliphatic carbocycles. The second-order valence-corrected chi connectivity index (χ2v) is 6.78. The summed E-state index contributed by atoms with van der Waals surface area (Å²) in [6.07, 6.45) is -1.10. The van der Waals surface area contributed by atoms with Gasteiger partial charge in [-0.2, -0.15) is 0 Å². The molecule has 27 heavy (non-hydrogen) atoms. The third-order valence-corrected chi connectivity index (χ3v) is 3.67. The molecular weight excluding hydrogens is 360 g/mol. The van der Waals surface area contributed by atoms with E-state index >= 15 is 0 Å². The average Bonchev–Trinajstić information content (AvgIpc) is 2.56. The molecule has 0 radical (unpaired) electrons. The number of carbonyl (C=O) groups excluding carboxylic acids is 3. The molecule has 5 atom stereocenters. The number of amides is 3. The Balaban J connectivity index is 5.23. The molecule has 0 spiro atoms. The van der Waals surface area contributed by atoms with Crippen LogP contribution in [-0.4, -0.2) is 75.9 Å². The summed E-state index contributed by atoms with van der Waals surface area (Å²) in [5.74, 6) is -3.64. The quantitative estimate of drug-likeness (QED) is 0.198. The number of nitrogens with one attached hydrogen (secondary N) is 3. The Kier molecular flexibility index (Phi) is 10.5. The van der Waals surface area contributed by atoms with Crippen molar-refractivity contribution < 1.29 is 34.5 Å². The number of hydrogen-bond donors (Lipinski definition) is 7. The van der Waals surface area contributed by atoms with Gasteiger partial charge in [-0.3, -0.25) is 19.2 Å². The van der Waals surface area contributed by atoms with Crippen molar-refractivity contribution in [2.24, 2.45) is 11.7 Å². The molecule has 0 fully saturated rings. The molecule has 0 aromatic rings. The van der Waals surface area contributed by atoms with Crippen molar-refractivity contribution in [3.8, 4) is 0 Å². The molecule has 0 aliphatic heterocycles. The molecule has 0 rings (SSSR count). The summed E-state index contributed by atoms with van der Waals surface area (Å²) in [7, 11) is 0. The normalized spacial score (nSPS) is 16.6. The second-order valence-electron chi connectivity index (χ2n) is 6.78. The lowest BCUT2D eigenvalue weighted by Crippen LogP contribution is -2.59. The number of rotatable bonds is 11. The SMILES string of the molecule is CC(C)CC(NC(=O)C(N)CO)C(=O)NC(C(=O)NC(C)C(=O)O)C(C)O. The van der Waals surface area contributed by atoms with Crippen LogP contribution in [0.25, 0.3) is 0 Å². The van der Waals surface area contributed by atoms with Crippen LogP contribution in [0.4, 0.5) is 0 Å². The number of carboxylic acids is 1. The standard InChI is InChI=1S/C16H30N4O7/c1-7(2)5-11(19-13(23)10(17)6-21)14(24)20-12(9(4)22)15(25)18-8(3)16(26)27/h7-12,21-22H,5-6,17H2,1-4H3,(H,18,25)(H,19,23)(H,20,24)(H,26,27). The van der Waals surface area contributed by atoms with Gasteiger partial charge in [-0.05, 0) is 26.2 Å². The van der Waals surface area contributed by atoms with Gasteiger partial charge in [0.1, 0.15) is 24.2 Å². The van der Waals surface area contributed by atoms with Crippen molar-refractivity contribution >= 4 is 23.7 Å². The van der Waals surface area contributed by atoms with E-state index in [-0.39, 0.29) is 12.3 Å². The first-order valence-electron chi connectivity index (χ1n) is 8.59. The van der Waals surface area contributed by atoms with Gasteiger partial charge in [0.2, 0.25) is 17.7 Å². The fraction of sp³-hybridized carbons (Fsp3) is 0.750. The zero-order valence-corrected chi connectivity index (χ0v) is 15.9. The van der Waals surface area contributed by atoms with Gasteiger partial charge in [0.25, 0.3) is 0 Å². The molecule has 0 heterocycles. The van der Waals surface area contributed by atoms with Crippen LogP contribution in [0.2, 0.25) is 0 Å². The summed E-state index contributed by atoms with van der Waals surface area (Å²) in [4.78, 5) is 47.4. The van der Waals surface area contributed by atoms with Gasteiger partial charge in [0.05, 0.1) is 12.7 Å². The highest BCUT2D eigenvalue weighted by molar-refractivity contribution is 5.94. The van der Waals surface area contributed by atoms with Gasteiger partial charge in [0, 0.05) is 0 Å². The second kappa shape index (κ2) is 11.5. The van der Waals surface area contributed by atoms with E-state index in [1.165, 1.54) is 13.8 Å². The van der Waals surface area contributed by atoms with Gasteiger partial charge in [-0.1, -0.05) is 13.8 Å². The Labute approximate surface area is 157 Å². The predicted molar refractivity (Wildman–Crippen MR) is 95.3 cm³/mol. The minimum atomic E-state index is -1.42. The predicted octanol–water partition coefficient (Wildman–Crippen LogP) is -2.71. The number of aliphatic carboxylic acids is 1. The molecule has 8 N–H and O–H groups in total. The largest absolute Gasteiger partial charge is 0.480 e. The summed E-state index contributed by atoms with van der Waals surface area (Å²) < 4.78 is 0. The maximum absolute atomic E-state index is 12.5. The average molecular weight is 390 g/mol. The lowest BCUT2D eigenvalue weighted by atomic mass is 10.0. The number of nitrogens with two attached hydrogens (primary N) is 1. The minimum absolute atomic E-state index is 0.00254. The summed E-state index contributed by atoms with van der Waals surface area (Å²) in [5.41, 5.74) is 5.42. The lowest BCUT2D eigenvalue weighted by molar-refractivity contribution is -0.142. The lowest BCUT2D eigenvalue weighted by Gasteiger charge is -2.26. The Morgan fingerprint density at radius 2 is 1.48 bits per heavy atom. The number of carbonyl (C=O) groups is 4. The molecule has 5 unspecified atom stereocenters. The van der Waals surface area contributed by atoms with Gasteiger partial charge < -0.3 is 37.0 Å². The Hall–Kier alpha value is -2.24. The molecule has 11 heteroatoms. The highest BCUT2D eigenvalue weighted by atomic mass is 16.4. The van der Waals surface area contributed by atoms with Crippen LogP contribution in [0.3, 0.4) is 0 Å². The van der Waals surface area contributed by atoms with Crippen LogP contribution in [0.15, 0.2) is 0 Å². The maximum atomic E-state index is 12.5. The highest BCUT2D eigenvalue weighted by Crippen LogP contribution is 2.07. The maximum Gasteiger partial charge on any atom is 0.325 e. The zero-order valence-electron chi connectivity index (χ0n) is 15.9. The van der Waals surface area contributed by atoms with Crippen molar-refractivity contribution in [3.05, 3.63) is 0 Å². The Bertz CT molecular complexity index is 539. The van der Waals surface area contributed by atoms with Crippen molar-refractivity contribution in [2.75, 3.05) is 6.61 Å². The third kappa shape index (κ3) is 8.80. The van der Waals surface area contributed by atoms with Crippen LogP contribution >= 0.6 is 0 Å². The summed E-state index contributed by atoms with van der Waals surface area (Å²) in [6, 6.07) is -4.90. The summed E-state index contributed by atoms with van der Waals surface area (Å²) >= 11 is 0. The molecule has 3 amide bonds. The Morgan fingerprint density at radius 3 is 1.89 bits per heavy atom. The van der Waals surface area contributed by atoms with Crippen molar-refractivity contribution in [1.82, 2.24) is 16.0 Å². The monoisotopic (exact) mass is 390 g/mol. The topological polar surface area (TPSA) is 191 Å². The first-order valence-corrected chi connectivity index (χ1v) is 8.59. The summed E-state index contributed by atoms with van der Waals surface area (Å²) in [5, 5.41) is 34.5. The molecule has 0 bridgehead atoms. The van der Waals surface area contributed by atoms with E-state index in [9.17, 15) is 24.3 Å². The molecular formula is C16H30N4O7. The zero-order chi connectivity index (χ0) is 21.3. The summed E-state index contributed by atoms with van der Waals surface area (Å²) in [6.45, 7) is 5.51. The molecule has 0 aromatic heterocycles. The molecule has 156 valence electrons. The first-order chi connectivity index (χ1) is 12.4. The molecule has 11 nitrogen and oxygen atoms in total. The number of carboxylic acid groups (broad SMARTS) is 1. The van der Waals surface area contributed by atoms with E-state index in [0.717, 1.165) is 0 Å². The van der Waals surface area contributed by atoms with Crippen molar-refractivity contribution in [1.29, 1.82) is 0 Å². The van der Waals surface area contributed by atoms with Gasteiger partial charge in [0.15, 0.2) is 0 Å². The minimum Gasteiger partial charge on any atom is -0.480 e. The van der Waals surface area contributed by atoms with E-state index in [4.69, 9.17) is 15.9 Å². The third-order valence-electron chi connectivity index (χ3n) is 3.67. The van der Waals surface area contributed by atoms with Gasteiger partial charge in [-0.15, -0.1) is 0 Å². The number of aliphatic hydroxyl groups excluding tert-OH is 2. The smallest absolute Gasteiger partial charge is 0.325 e. The fourth-order valence-electron chi connectivity index (χ4n) is 2.09. The van der Waals surface area contributed by atoms with Crippen LogP contribution in [-0.2, 0) is 19.2 Å². The molecule has 0 aliphatic rings. The van der Waals surface area contributed by atoms with E-state index < -0.39 is 60.6 Å². The first kappa shape index (κ1) is 24.8. The van der Waals surface area contributed by atoms with Crippen LogP contribution in [0, 0.1) is 5.92 Å². The van der Waals surface area contributed by atoms with E-state index in [2.05, 4.69) is 16.0 Å². The van der Waals surface area contributed by atoms with Crippen molar-refractivity contribution in [3.63, 3.8) is 0 Å². The van der Waals surface area contributed by atoms with Gasteiger partial charge in [-0.25, -0.2) is 0 Å². The molecule has 0 saturated carbocycles. The van der Waals surface area contributed by atoms with Crippen LogP contribution in [0.5, 0.6) is 0 Å². The van der Waals surface area contributed by atoms with E-state index in [0.29, 0.717) is 0 Å². The fourth-order valence-corrected chi connectivity index (χ4v) is 2.09. The van der Waals surface area contributed by atoms with Crippen LogP contribution < -0.4 is 21.7 Å². The molecule has 0 saturated heterocycles. The van der Waals surface area contributed by atoms with E-state index in [1.807, 2.05) is 13.8 Å².